The van der Waals surface area contributed by atoms with E-state index in [1.807, 2.05) is 12.2 Å². The van der Waals surface area contributed by atoms with E-state index in [4.69, 9.17) is 0 Å². The Hall–Kier alpha value is -5.10. The number of carbonyl (C=O) groups excluding carboxylic acids is 4. The van der Waals surface area contributed by atoms with Gasteiger partial charge in [0.05, 0.1) is 35.0 Å². The Balaban J connectivity index is 0.922. The molecule has 3 aromatic carbocycles. The molecule has 4 amide bonds. The van der Waals surface area contributed by atoms with Crippen molar-refractivity contribution >= 4 is 47.2 Å². The lowest BCUT2D eigenvalue weighted by Crippen LogP contribution is -2.36. The number of imide groups is 2. The van der Waals surface area contributed by atoms with Crippen molar-refractivity contribution in [1.82, 2.24) is 0 Å². The van der Waals surface area contributed by atoms with Crippen LogP contribution < -0.4 is 9.80 Å². The number of nitrogens with zero attached hydrogens (tertiary/aromatic N) is 2. The molecule has 6 heteroatoms. The summed E-state index contributed by atoms with van der Waals surface area (Å²) in [6.07, 6.45) is 15.3. The first-order chi connectivity index (χ1) is 24.3. The summed E-state index contributed by atoms with van der Waals surface area (Å²) in [5.41, 5.74) is 6.40. The molecule has 0 N–H and O–H groups in total. The molecule has 6 aliphatic rings. The smallest absolute Gasteiger partial charge is 0.238 e. The van der Waals surface area contributed by atoms with Gasteiger partial charge in [-0.25, -0.2) is 9.80 Å². The van der Waals surface area contributed by atoms with Gasteiger partial charge in [0.25, 0.3) is 0 Å². The summed E-state index contributed by atoms with van der Waals surface area (Å²) in [6, 6.07) is 23.7. The number of benzene rings is 3. The molecular formula is C44H40N2O4. The number of allylic oxidation sites excluding steroid dienone is 4. The van der Waals surface area contributed by atoms with E-state index in [0.29, 0.717) is 11.4 Å². The summed E-state index contributed by atoms with van der Waals surface area (Å²) in [5.74, 6) is -2.00. The maximum absolute atomic E-state index is 14.2. The number of hydrogen-bond acceptors (Lipinski definition) is 4. The fraction of sp³-hybridized carbons (Fsp3) is 0.318. The Labute approximate surface area is 292 Å². The largest absolute Gasteiger partial charge is 0.274 e. The topological polar surface area (TPSA) is 74.8 Å². The molecule has 2 saturated heterocycles. The molecule has 4 aliphatic carbocycles. The fourth-order valence-electron chi connectivity index (χ4n) is 10.4. The summed E-state index contributed by atoms with van der Waals surface area (Å²) in [7, 11) is 0. The van der Waals surface area contributed by atoms with Gasteiger partial charge in [-0.15, -0.1) is 0 Å². The molecule has 3 aromatic rings. The number of carbonyl (C=O) groups is 4. The van der Waals surface area contributed by atoms with Crippen LogP contribution in [0.2, 0.25) is 0 Å². The highest BCUT2D eigenvalue weighted by atomic mass is 16.2. The Bertz CT molecular complexity index is 2040. The molecule has 9 rings (SSSR count). The van der Waals surface area contributed by atoms with Crippen LogP contribution in [0, 0.1) is 46.8 Å². The average molecular weight is 661 g/mol. The van der Waals surface area contributed by atoms with Crippen molar-refractivity contribution in [3.05, 3.63) is 132 Å². The van der Waals surface area contributed by atoms with Crippen molar-refractivity contribution in [2.45, 2.75) is 38.5 Å². The van der Waals surface area contributed by atoms with Crippen LogP contribution in [-0.2, 0) is 32.0 Å². The van der Waals surface area contributed by atoms with Gasteiger partial charge < -0.3 is 0 Å². The summed E-state index contributed by atoms with van der Waals surface area (Å²) in [6.45, 7) is 7.67. The molecule has 4 fully saturated rings. The van der Waals surface area contributed by atoms with E-state index in [9.17, 15) is 19.2 Å². The normalized spacial score (nSPS) is 31.5. The molecule has 2 saturated carbocycles. The third-order valence-electron chi connectivity index (χ3n) is 12.8. The van der Waals surface area contributed by atoms with Crippen molar-refractivity contribution in [1.29, 1.82) is 0 Å². The monoisotopic (exact) mass is 660 g/mol. The van der Waals surface area contributed by atoms with E-state index in [1.54, 1.807) is 24.3 Å². The second-order valence-corrected chi connectivity index (χ2v) is 15.2. The second-order valence-electron chi connectivity index (χ2n) is 15.2. The van der Waals surface area contributed by atoms with Gasteiger partial charge in [0, 0.05) is 5.41 Å². The highest BCUT2D eigenvalue weighted by molar-refractivity contribution is 6.25. The van der Waals surface area contributed by atoms with Gasteiger partial charge in [-0.05, 0) is 96.7 Å². The molecule has 8 unspecified atom stereocenters. The van der Waals surface area contributed by atoms with Crippen LogP contribution in [0.5, 0.6) is 0 Å². The van der Waals surface area contributed by atoms with Gasteiger partial charge in [0.15, 0.2) is 0 Å². The zero-order valence-electron chi connectivity index (χ0n) is 28.0. The predicted octanol–water partition coefficient (Wildman–Crippen LogP) is 7.60. The van der Waals surface area contributed by atoms with Crippen molar-refractivity contribution in [3.63, 3.8) is 0 Å². The molecule has 2 heterocycles. The lowest BCUT2D eigenvalue weighted by atomic mass is 9.71. The van der Waals surface area contributed by atoms with Crippen molar-refractivity contribution < 1.29 is 19.2 Å². The molecule has 50 heavy (non-hydrogen) atoms. The first kappa shape index (κ1) is 30.9. The maximum Gasteiger partial charge on any atom is 0.238 e. The van der Waals surface area contributed by atoms with E-state index in [0.717, 1.165) is 49.7 Å². The standard InChI is InChI=1S/C44H40N2O4/c1-3-26-8-12-28(13-9-26)16-17-30-22-32-23-35(30)38-36(32)40(47)45(42(38)49)33-6-5-7-34(24-33)46-41(48)37-31-19-21-44(25-31,39(37)43(46)50)20-18-29-14-10-27(4-2)11-15-29/h3-15,19,21-22,24,31-32,35-39H,1-2,16-18,20,23,25H2. The van der Waals surface area contributed by atoms with E-state index < -0.39 is 5.92 Å². The van der Waals surface area contributed by atoms with Gasteiger partial charge >= 0.3 is 0 Å². The van der Waals surface area contributed by atoms with Crippen LogP contribution in [0.15, 0.2) is 110 Å². The SMILES string of the molecule is C=Cc1ccc(CCC2=CC3CC2C2C(=O)N(c4cccc(N5C(=O)C6C7C=CC(CCc8ccc(C=C)cc8)(C7)C6C5=O)c4)C(=O)C32)cc1. The van der Waals surface area contributed by atoms with Crippen molar-refractivity contribution in [2.75, 3.05) is 9.80 Å². The minimum Gasteiger partial charge on any atom is -0.274 e. The molecule has 0 radical (unpaired) electrons. The van der Waals surface area contributed by atoms with E-state index >= 15 is 0 Å². The quantitative estimate of drug-likeness (QED) is 0.166. The molecule has 6 nitrogen and oxygen atoms in total. The Morgan fingerprint density at radius 1 is 0.680 bits per heavy atom. The summed E-state index contributed by atoms with van der Waals surface area (Å²) in [4.78, 5) is 58.9. The molecule has 4 bridgehead atoms. The molecule has 0 spiro atoms. The van der Waals surface area contributed by atoms with Crippen LogP contribution in [0.3, 0.4) is 0 Å². The van der Waals surface area contributed by atoms with Crippen LogP contribution in [0.25, 0.3) is 12.2 Å². The zero-order valence-corrected chi connectivity index (χ0v) is 28.0. The first-order valence-corrected chi connectivity index (χ1v) is 18.0. The van der Waals surface area contributed by atoms with Gasteiger partial charge in [-0.3, -0.25) is 19.2 Å². The van der Waals surface area contributed by atoms with Gasteiger partial charge in [0.1, 0.15) is 0 Å². The van der Waals surface area contributed by atoms with Crippen molar-refractivity contribution in [3.8, 4) is 0 Å². The molecule has 250 valence electrons. The zero-order chi connectivity index (χ0) is 34.3. The third-order valence-corrected chi connectivity index (χ3v) is 12.8. The van der Waals surface area contributed by atoms with Gasteiger partial charge in [0.2, 0.25) is 23.6 Å². The molecule has 8 atom stereocenters. The predicted molar refractivity (Wildman–Crippen MR) is 194 cm³/mol. The number of fused-ring (bicyclic) bond motifs is 10. The Morgan fingerprint density at radius 2 is 1.28 bits per heavy atom. The highest BCUT2D eigenvalue weighted by Crippen LogP contribution is 2.62. The third kappa shape index (κ3) is 4.53. The lowest BCUT2D eigenvalue weighted by molar-refractivity contribution is -0.125. The molecule has 2 aliphatic heterocycles. The first-order valence-electron chi connectivity index (χ1n) is 18.0. The Kier molecular flexibility index (Phi) is 7.10. The van der Waals surface area contributed by atoms with E-state index in [-0.39, 0.29) is 64.6 Å². The number of amides is 4. The van der Waals surface area contributed by atoms with Crippen LogP contribution in [0.1, 0.15) is 47.9 Å². The molecule has 0 aromatic heterocycles. The van der Waals surface area contributed by atoms with Gasteiger partial charge in [-0.1, -0.05) is 104 Å². The minimum atomic E-state index is -0.407. The number of anilines is 2. The lowest BCUT2D eigenvalue weighted by Gasteiger charge is -2.31. The summed E-state index contributed by atoms with van der Waals surface area (Å²) in [5, 5.41) is 0. The van der Waals surface area contributed by atoms with Gasteiger partial charge in [-0.2, -0.15) is 0 Å². The second kappa shape index (κ2) is 11.5. The summed E-state index contributed by atoms with van der Waals surface area (Å²) >= 11 is 0. The van der Waals surface area contributed by atoms with E-state index in [1.165, 1.54) is 26.5 Å². The van der Waals surface area contributed by atoms with Crippen LogP contribution in [0.4, 0.5) is 11.4 Å². The number of rotatable bonds is 10. The molecular weight excluding hydrogens is 620 g/mol. The average Bonchev–Trinajstić information content (AvgIpc) is 3.98. The minimum absolute atomic E-state index is 0.0394. The number of aryl methyl sites for hydroxylation is 2. The summed E-state index contributed by atoms with van der Waals surface area (Å²) < 4.78 is 0. The maximum atomic E-state index is 14.2. The van der Waals surface area contributed by atoms with Crippen LogP contribution in [-0.4, -0.2) is 23.6 Å². The van der Waals surface area contributed by atoms with Crippen LogP contribution >= 0.6 is 0 Å². The fourth-order valence-corrected chi connectivity index (χ4v) is 10.4. The number of hydrogen-bond donors (Lipinski definition) is 0. The van der Waals surface area contributed by atoms with E-state index in [2.05, 4.69) is 79.9 Å². The van der Waals surface area contributed by atoms with Crippen molar-refractivity contribution in [2.24, 2.45) is 46.8 Å². The Morgan fingerprint density at radius 3 is 1.94 bits per heavy atom. The highest BCUT2D eigenvalue weighted by Gasteiger charge is 2.66.